The highest BCUT2D eigenvalue weighted by atomic mass is 35.5. The van der Waals surface area contributed by atoms with Crippen LogP contribution in [0.5, 0.6) is 5.75 Å². The first-order chi connectivity index (χ1) is 18.3. The van der Waals surface area contributed by atoms with Crippen LogP contribution in [0.2, 0.25) is 5.02 Å². The molecule has 0 spiro atoms. The van der Waals surface area contributed by atoms with E-state index in [4.69, 9.17) is 25.8 Å². The topological polar surface area (TPSA) is 114 Å². The Balaban J connectivity index is 2.23. The van der Waals surface area contributed by atoms with E-state index in [1.54, 1.807) is 45.9 Å². The van der Waals surface area contributed by atoms with Crippen molar-refractivity contribution in [2.75, 3.05) is 20.1 Å². The van der Waals surface area contributed by atoms with Crippen molar-refractivity contribution in [1.82, 2.24) is 5.32 Å². The summed E-state index contributed by atoms with van der Waals surface area (Å²) in [5.74, 6) is 0.217. The third kappa shape index (κ3) is 11.9. The molecule has 224 valence electrons. The second-order valence-electron chi connectivity index (χ2n) is 10.4. The highest BCUT2D eigenvalue weighted by Gasteiger charge is 2.32. The van der Waals surface area contributed by atoms with E-state index in [0.29, 0.717) is 21.9 Å². The maximum atomic E-state index is 13.3. The average molecular weight is 628 g/mol. The number of nitrogens with one attached hydrogen (secondary N) is 1. The zero-order valence-corrected chi connectivity index (χ0v) is 25.3. The van der Waals surface area contributed by atoms with E-state index in [1.807, 2.05) is 0 Å². The van der Waals surface area contributed by atoms with Gasteiger partial charge in [0.2, 0.25) is 0 Å². The van der Waals surface area contributed by atoms with Crippen molar-refractivity contribution >= 4 is 37.1 Å². The Morgan fingerprint density at radius 1 is 1.07 bits per heavy atom. The van der Waals surface area contributed by atoms with Crippen molar-refractivity contribution in [3.05, 3.63) is 52.5 Å². The lowest BCUT2D eigenvalue weighted by Crippen LogP contribution is -2.48. The van der Waals surface area contributed by atoms with E-state index in [9.17, 15) is 32.3 Å². The molecule has 14 heteroatoms. The molecule has 1 amide bonds. The molecule has 0 bridgehead atoms. The third-order valence-corrected chi connectivity index (χ3v) is 7.75. The average Bonchev–Trinajstić information content (AvgIpc) is 2.79. The smallest absolute Gasteiger partial charge is 0.416 e. The van der Waals surface area contributed by atoms with Crippen molar-refractivity contribution in [2.24, 2.45) is 0 Å². The molecule has 2 aromatic rings. The predicted octanol–water partition coefficient (Wildman–Crippen LogP) is 7.28. The molecular formula is C26H34ClF3NO7PS. The second-order valence-corrected chi connectivity index (χ2v) is 13.7. The van der Waals surface area contributed by atoms with Gasteiger partial charge in [-0.05, 0) is 82.9 Å². The minimum absolute atomic E-state index is 0.0120. The molecule has 3 N–H and O–H groups in total. The Kier molecular flexibility index (Phi) is 11.8. The quantitative estimate of drug-likeness (QED) is 0.166. The number of halogens is 4. The van der Waals surface area contributed by atoms with Crippen molar-refractivity contribution in [3.8, 4) is 5.75 Å². The molecule has 8 nitrogen and oxygen atoms in total. The van der Waals surface area contributed by atoms with Gasteiger partial charge in [-0.1, -0.05) is 29.4 Å². The molecule has 0 radical (unpaired) electrons. The third-order valence-electron chi connectivity index (χ3n) is 5.56. The number of methoxy groups -OCH3 is 1. The van der Waals surface area contributed by atoms with Gasteiger partial charge in [0.05, 0.1) is 16.6 Å². The van der Waals surface area contributed by atoms with Crippen LogP contribution in [0.3, 0.4) is 0 Å². The van der Waals surface area contributed by atoms with Gasteiger partial charge in [0.25, 0.3) is 0 Å². The summed E-state index contributed by atoms with van der Waals surface area (Å²) in [5.41, 5.74) is -1.93. The van der Waals surface area contributed by atoms with E-state index in [-0.39, 0.29) is 30.3 Å². The molecule has 1 atom stereocenters. The number of alkyl halides is 3. The molecule has 40 heavy (non-hydrogen) atoms. The van der Waals surface area contributed by atoms with Crippen molar-refractivity contribution in [1.29, 1.82) is 0 Å². The molecule has 0 unspecified atom stereocenters. The summed E-state index contributed by atoms with van der Waals surface area (Å²) in [7, 11) is -2.93. The number of ether oxygens (including phenoxy) is 3. The van der Waals surface area contributed by atoms with Crippen LogP contribution in [0.15, 0.2) is 46.2 Å². The maximum Gasteiger partial charge on any atom is 0.416 e. The molecule has 0 fully saturated rings. The number of hydrogen-bond donors (Lipinski definition) is 3. The van der Waals surface area contributed by atoms with Crippen molar-refractivity contribution in [2.45, 2.75) is 74.1 Å². The number of hydrogen-bond acceptors (Lipinski definition) is 6. The molecule has 2 aromatic carbocycles. The van der Waals surface area contributed by atoms with Gasteiger partial charge in [0.1, 0.15) is 11.4 Å². The summed E-state index contributed by atoms with van der Waals surface area (Å²) in [6, 6.07) is 8.17. The molecule has 0 aliphatic carbocycles. The Morgan fingerprint density at radius 2 is 1.75 bits per heavy atom. The first-order valence-corrected chi connectivity index (χ1v) is 15.1. The summed E-state index contributed by atoms with van der Waals surface area (Å²) in [6.07, 6.45) is -5.08. The van der Waals surface area contributed by atoms with Gasteiger partial charge in [-0.3, -0.25) is 4.57 Å². The minimum Gasteiger partial charge on any atom is -0.466 e. The van der Waals surface area contributed by atoms with E-state index < -0.39 is 42.7 Å². The van der Waals surface area contributed by atoms with Gasteiger partial charge < -0.3 is 29.3 Å². The number of rotatable bonds is 12. The van der Waals surface area contributed by atoms with E-state index in [1.165, 1.54) is 13.2 Å². The Bertz CT molecular complexity index is 1220. The van der Waals surface area contributed by atoms with Gasteiger partial charge in [-0.25, -0.2) is 4.79 Å². The standard InChI is InChI=1S/C26H34ClF3NO7PS/c1-24(2,3)38-23(32)31-25(4,12-13-39(33,34)35)11-10-17-6-8-19(15-20(17)27)40-22-14-18(26(28,29)30)7-9-21(22)37-16-36-5/h6-9,14-15H,10-13,16H2,1-5H3,(H,31,32)(H2,33,34,35)/t25-/m0/s1. The highest BCUT2D eigenvalue weighted by molar-refractivity contribution is 7.99. The molecule has 0 aliphatic heterocycles. The Hall–Kier alpha value is -1.95. The summed E-state index contributed by atoms with van der Waals surface area (Å²) < 4.78 is 67.0. The van der Waals surface area contributed by atoms with E-state index >= 15 is 0 Å². The number of benzene rings is 2. The number of amides is 1. The molecule has 2 rings (SSSR count). The molecular weight excluding hydrogens is 594 g/mol. The van der Waals surface area contributed by atoms with Crippen LogP contribution in [-0.4, -0.2) is 47.1 Å². The zero-order chi connectivity index (χ0) is 30.4. The first kappa shape index (κ1) is 34.3. The minimum atomic E-state index is -4.53. The lowest BCUT2D eigenvalue weighted by Gasteiger charge is -2.32. The van der Waals surface area contributed by atoms with E-state index in [2.05, 4.69) is 5.32 Å². The number of carbonyl (C=O) groups excluding carboxylic acids is 1. The van der Waals surface area contributed by atoms with Crippen molar-refractivity contribution < 1.29 is 46.5 Å². The largest absolute Gasteiger partial charge is 0.466 e. The molecule has 0 aliphatic rings. The Morgan fingerprint density at radius 3 is 2.30 bits per heavy atom. The predicted molar refractivity (Wildman–Crippen MR) is 147 cm³/mol. The van der Waals surface area contributed by atoms with Crippen LogP contribution in [0.25, 0.3) is 0 Å². The van der Waals surface area contributed by atoms with Crippen LogP contribution in [0.1, 0.15) is 51.7 Å². The van der Waals surface area contributed by atoms with Crippen LogP contribution in [0.4, 0.5) is 18.0 Å². The fourth-order valence-electron chi connectivity index (χ4n) is 3.53. The number of aryl methyl sites for hydroxylation is 1. The summed E-state index contributed by atoms with van der Waals surface area (Å²) in [6.45, 7) is 6.62. The molecule has 0 heterocycles. The fourth-order valence-corrected chi connectivity index (χ4v) is 5.63. The van der Waals surface area contributed by atoms with Gasteiger partial charge in [-0.2, -0.15) is 13.2 Å². The summed E-state index contributed by atoms with van der Waals surface area (Å²) >= 11 is 7.55. The number of alkyl carbamates (subject to hydrolysis) is 1. The van der Waals surface area contributed by atoms with Gasteiger partial charge in [0.15, 0.2) is 6.79 Å². The monoisotopic (exact) mass is 627 g/mol. The maximum absolute atomic E-state index is 13.3. The van der Waals surface area contributed by atoms with Gasteiger partial charge in [0, 0.05) is 22.6 Å². The summed E-state index contributed by atoms with van der Waals surface area (Å²) in [5, 5.41) is 3.07. The highest BCUT2D eigenvalue weighted by Crippen LogP contribution is 2.41. The first-order valence-electron chi connectivity index (χ1n) is 12.2. The number of carbonyl (C=O) groups is 1. The lowest BCUT2D eigenvalue weighted by molar-refractivity contribution is -0.137. The van der Waals surface area contributed by atoms with Crippen LogP contribution < -0.4 is 10.1 Å². The van der Waals surface area contributed by atoms with E-state index in [0.717, 1.165) is 23.9 Å². The SMILES string of the molecule is COCOc1ccc(C(F)(F)F)cc1Sc1ccc(CC[C@@](C)(CCP(=O)(O)O)NC(=O)OC(C)(C)C)c(Cl)c1. The molecule has 0 saturated carbocycles. The normalized spacial score (nSPS) is 14.0. The van der Waals surface area contributed by atoms with Crippen LogP contribution >= 0.6 is 31.0 Å². The van der Waals surface area contributed by atoms with Crippen LogP contribution in [-0.2, 0) is 26.6 Å². The molecule has 0 aromatic heterocycles. The Labute approximate surface area is 241 Å². The second kappa shape index (κ2) is 13.8. The van der Waals surface area contributed by atoms with Crippen molar-refractivity contribution in [3.63, 3.8) is 0 Å². The van der Waals surface area contributed by atoms with Gasteiger partial charge in [-0.15, -0.1) is 0 Å². The lowest BCUT2D eigenvalue weighted by atomic mass is 9.90. The fraction of sp³-hybridized carbons (Fsp3) is 0.500. The van der Waals surface area contributed by atoms with Crippen LogP contribution in [0, 0.1) is 0 Å². The zero-order valence-electron chi connectivity index (χ0n) is 22.8. The molecule has 0 saturated heterocycles. The summed E-state index contributed by atoms with van der Waals surface area (Å²) in [4.78, 5) is 32.0. The van der Waals surface area contributed by atoms with Gasteiger partial charge >= 0.3 is 19.9 Å².